The molecule has 22 heavy (non-hydrogen) atoms. The molecular formula is C16H19F3N2O. The highest BCUT2D eigenvalue weighted by Gasteiger charge is 2.36. The predicted molar refractivity (Wildman–Crippen MR) is 77.6 cm³/mol. The van der Waals surface area contributed by atoms with Crippen molar-refractivity contribution < 1.29 is 18.0 Å². The number of alkyl halides is 3. The Labute approximate surface area is 127 Å². The van der Waals surface area contributed by atoms with Crippen LogP contribution in [0.2, 0.25) is 0 Å². The van der Waals surface area contributed by atoms with Crippen LogP contribution in [-0.4, -0.2) is 37.0 Å². The standard InChI is InChI=1S/C16H19F3N2O/c17-16(18,19)13-6-1-2-7-14(13)20-8-10-21(11-9-20)15(22)12-4-3-5-12/h1-2,6-7,12H,3-5,8-11H2. The van der Waals surface area contributed by atoms with E-state index in [4.69, 9.17) is 0 Å². The first kappa shape index (κ1) is 15.2. The monoisotopic (exact) mass is 312 g/mol. The normalized spacial score (nSPS) is 20.0. The van der Waals surface area contributed by atoms with Crippen LogP contribution in [0.3, 0.4) is 0 Å². The van der Waals surface area contributed by atoms with Crippen molar-refractivity contribution in [3.05, 3.63) is 29.8 Å². The maximum Gasteiger partial charge on any atom is 0.418 e. The first-order valence-electron chi connectivity index (χ1n) is 7.67. The van der Waals surface area contributed by atoms with E-state index in [1.54, 1.807) is 15.9 Å². The zero-order valence-corrected chi connectivity index (χ0v) is 12.3. The first-order chi connectivity index (χ1) is 10.5. The minimum absolute atomic E-state index is 0.147. The molecule has 1 aliphatic heterocycles. The quantitative estimate of drug-likeness (QED) is 0.837. The third kappa shape index (κ3) is 2.91. The number of carbonyl (C=O) groups is 1. The summed E-state index contributed by atoms with van der Waals surface area (Å²) in [5, 5.41) is 0. The van der Waals surface area contributed by atoms with Gasteiger partial charge in [0.25, 0.3) is 0 Å². The van der Waals surface area contributed by atoms with Crippen molar-refractivity contribution in [3.8, 4) is 0 Å². The molecule has 0 atom stereocenters. The Bertz CT molecular complexity index is 547. The Morgan fingerprint density at radius 1 is 1.05 bits per heavy atom. The van der Waals surface area contributed by atoms with Gasteiger partial charge >= 0.3 is 6.18 Å². The number of para-hydroxylation sites is 1. The van der Waals surface area contributed by atoms with E-state index < -0.39 is 11.7 Å². The zero-order chi connectivity index (χ0) is 15.7. The van der Waals surface area contributed by atoms with Crippen LogP contribution < -0.4 is 4.90 Å². The third-order valence-corrected chi connectivity index (χ3v) is 4.60. The highest BCUT2D eigenvalue weighted by Crippen LogP contribution is 2.37. The second kappa shape index (κ2) is 5.82. The summed E-state index contributed by atoms with van der Waals surface area (Å²) in [6.07, 6.45) is -1.34. The van der Waals surface area contributed by atoms with Crippen molar-refractivity contribution >= 4 is 11.6 Å². The molecular weight excluding hydrogens is 293 g/mol. The van der Waals surface area contributed by atoms with Gasteiger partial charge in [0.1, 0.15) is 0 Å². The van der Waals surface area contributed by atoms with Crippen LogP contribution in [0, 0.1) is 5.92 Å². The number of hydrogen-bond acceptors (Lipinski definition) is 2. The highest BCUT2D eigenvalue weighted by molar-refractivity contribution is 5.80. The van der Waals surface area contributed by atoms with Crippen LogP contribution in [0.5, 0.6) is 0 Å². The van der Waals surface area contributed by atoms with Crippen molar-refractivity contribution in [1.29, 1.82) is 0 Å². The summed E-state index contributed by atoms with van der Waals surface area (Å²) in [6.45, 7) is 1.90. The number of anilines is 1. The van der Waals surface area contributed by atoms with Crippen LogP contribution in [0.25, 0.3) is 0 Å². The minimum atomic E-state index is -4.35. The van der Waals surface area contributed by atoms with E-state index in [-0.39, 0.29) is 17.5 Å². The molecule has 2 fully saturated rings. The van der Waals surface area contributed by atoms with Gasteiger partial charge in [-0.3, -0.25) is 4.79 Å². The summed E-state index contributed by atoms with van der Waals surface area (Å²) >= 11 is 0. The van der Waals surface area contributed by atoms with E-state index in [1.165, 1.54) is 12.1 Å². The molecule has 120 valence electrons. The number of amides is 1. The molecule has 0 N–H and O–H groups in total. The lowest BCUT2D eigenvalue weighted by atomic mass is 9.84. The van der Waals surface area contributed by atoms with Gasteiger partial charge in [0.15, 0.2) is 0 Å². The number of nitrogens with zero attached hydrogens (tertiary/aromatic N) is 2. The summed E-state index contributed by atoms with van der Waals surface area (Å²) in [5.74, 6) is 0.323. The molecule has 0 unspecified atom stereocenters. The number of piperazine rings is 1. The van der Waals surface area contributed by atoms with Crippen LogP contribution in [0.1, 0.15) is 24.8 Å². The molecule has 0 aromatic heterocycles. The van der Waals surface area contributed by atoms with Gasteiger partial charge in [0.05, 0.1) is 5.56 Å². The van der Waals surface area contributed by atoms with E-state index in [0.717, 1.165) is 25.3 Å². The summed E-state index contributed by atoms with van der Waals surface area (Å²) in [7, 11) is 0. The number of halogens is 3. The molecule has 3 nitrogen and oxygen atoms in total. The molecule has 1 aromatic rings. The molecule has 1 aromatic carbocycles. The van der Waals surface area contributed by atoms with Gasteiger partial charge < -0.3 is 9.80 Å². The van der Waals surface area contributed by atoms with E-state index in [9.17, 15) is 18.0 Å². The molecule has 6 heteroatoms. The fourth-order valence-corrected chi connectivity index (χ4v) is 3.07. The fourth-order valence-electron chi connectivity index (χ4n) is 3.07. The largest absolute Gasteiger partial charge is 0.418 e. The molecule has 0 radical (unpaired) electrons. The SMILES string of the molecule is O=C(C1CCC1)N1CCN(c2ccccc2C(F)(F)F)CC1. The van der Waals surface area contributed by atoms with E-state index in [0.29, 0.717) is 26.2 Å². The first-order valence-corrected chi connectivity index (χ1v) is 7.67. The molecule has 1 heterocycles. The molecule has 1 amide bonds. The van der Waals surface area contributed by atoms with Crippen molar-refractivity contribution in [1.82, 2.24) is 4.90 Å². The molecule has 0 bridgehead atoms. The minimum Gasteiger partial charge on any atom is -0.367 e. The average molecular weight is 312 g/mol. The Morgan fingerprint density at radius 3 is 2.23 bits per heavy atom. The van der Waals surface area contributed by atoms with Crippen molar-refractivity contribution in [2.75, 3.05) is 31.1 Å². The lowest BCUT2D eigenvalue weighted by Gasteiger charge is -2.39. The maximum absolute atomic E-state index is 13.1. The zero-order valence-electron chi connectivity index (χ0n) is 12.3. The van der Waals surface area contributed by atoms with Gasteiger partial charge in [-0.25, -0.2) is 0 Å². The Balaban J connectivity index is 1.68. The van der Waals surface area contributed by atoms with Crippen molar-refractivity contribution in [2.24, 2.45) is 5.92 Å². The number of benzene rings is 1. The van der Waals surface area contributed by atoms with Crippen molar-refractivity contribution in [3.63, 3.8) is 0 Å². The third-order valence-electron chi connectivity index (χ3n) is 4.60. The molecule has 2 aliphatic rings. The Hall–Kier alpha value is -1.72. The van der Waals surface area contributed by atoms with E-state index >= 15 is 0 Å². The van der Waals surface area contributed by atoms with Crippen molar-refractivity contribution in [2.45, 2.75) is 25.4 Å². The van der Waals surface area contributed by atoms with Gasteiger partial charge in [0.2, 0.25) is 5.91 Å². The van der Waals surface area contributed by atoms with Gasteiger partial charge in [-0.15, -0.1) is 0 Å². The van der Waals surface area contributed by atoms with Gasteiger partial charge in [-0.1, -0.05) is 18.6 Å². The number of rotatable bonds is 2. The van der Waals surface area contributed by atoms with Crippen LogP contribution in [-0.2, 0) is 11.0 Å². The number of carbonyl (C=O) groups excluding carboxylic acids is 1. The van der Waals surface area contributed by atoms with Gasteiger partial charge in [-0.2, -0.15) is 13.2 Å². The lowest BCUT2D eigenvalue weighted by molar-refractivity contribution is -0.139. The van der Waals surface area contributed by atoms with E-state index in [2.05, 4.69) is 0 Å². The van der Waals surface area contributed by atoms with Crippen LogP contribution >= 0.6 is 0 Å². The smallest absolute Gasteiger partial charge is 0.367 e. The Morgan fingerprint density at radius 2 is 1.68 bits per heavy atom. The molecule has 3 rings (SSSR count). The fraction of sp³-hybridized carbons (Fsp3) is 0.562. The van der Waals surface area contributed by atoms with Gasteiger partial charge in [-0.05, 0) is 25.0 Å². The summed E-state index contributed by atoms with van der Waals surface area (Å²) in [5.41, 5.74) is -0.389. The average Bonchev–Trinajstić information content (AvgIpc) is 2.45. The van der Waals surface area contributed by atoms with Gasteiger partial charge in [0, 0.05) is 37.8 Å². The van der Waals surface area contributed by atoms with Crippen LogP contribution in [0.15, 0.2) is 24.3 Å². The molecule has 1 saturated carbocycles. The molecule has 0 spiro atoms. The second-order valence-electron chi connectivity index (χ2n) is 5.96. The maximum atomic E-state index is 13.1. The number of hydrogen-bond donors (Lipinski definition) is 0. The summed E-state index contributed by atoms with van der Waals surface area (Å²) in [4.78, 5) is 15.7. The predicted octanol–water partition coefficient (Wildman–Crippen LogP) is 3.15. The second-order valence-corrected chi connectivity index (χ2v) is 5.96. The molecule has 1 saturated heterocycles. The topological polar surface area (TPSA) is 23.6 Å². The molecule has 1 aliphatic carbocycles. The van der Waals surface area contributed by atoms with Crippen LogP contribution in [0.4, 0.5) is 18.9 Å². The summed E-state index contributed by atoms with van der Waals surface area (Å²) in [6, 6.07) is 5.65. The lowest BCUT2D eigenvalue weighted by Crippen LogP contribution is -2.51. The highest BCUT2D eigenvalue weighted by atomic mass is 19.4. The van der Waals surface area contributed by atoms with E-state index in [1.807, 2.05) is 0 Å². The Kier molecular flexibility index (Phi) is 4.02. The summed E-state index contributed by atoms with van der Waals surface area (Å²) < 4.78 is 39.2.